The fraction of sp³-hybridized carbons (Fsp3) is 0.400. The Morgan fingerprint density at radius 1 is 1.15 bits per heavy atom. The van der Waals surface area contributed by atoms with Crippen molar-refractivity contribution in [3.63, 3.8) is 0 Å². The topological polar surface area (TPSA) is 125 Å². The van der Waals surface area contributed by atoms with Gasteiger partial charge in [0.15, 0.2) is 5.75 Å². The molecular weight excluding hydrogens is 532 g/mol. The second-order valence-electron chi connectivity index (χ2n) is 11.0. The van der Waals surface area contributed by atoms with E-state index in [0.29, 0.717) is 46.0 Å². The summed E-state index contributed by atoms with van der Waals surface area (Å²) in [5, 5.41) is 20.5. The van der Waals surface area contributed by atoms with Crippen molar-refractivity contribution in [1.29, 1.82) is 0 Å². The Bertz CT molecular complexity index is 1470. The monoisotopic (exact) mass is 566 g/mol. The lowest BCUT2D eigenvalue weighted by molar-refractivity contribution is -0.141. The molecule has 1 fully saturated rings. The van der Waals surface area contributed by atoms with Gasteiger partial charge in [-0.1, -0.05) is 23.7 Å². The quantitative estimate of drug-likeness (QED) is 0.379. The van der Waals surface area contributed by atoms with Gasteiger partial charge >= 0.3 is 5.56 Å². The summed E-state index contributed by atoms with van der Waals surface area (Å²) >= 11 is 6.23. The molecule has 1 unspecified atom stereocenters. The van der Waals surface area contributed by atoms with E-state index in [1.165, 1.54) is 0 Å². The maximum Gasteiger partial charge on any atom is 0.307 e. The van der Waals surface area contributed by atoms with Crippen LogP contribution in [0, 0.1) is 20.8 Å². The fourth-order valence-corrected chi connectivity index (χ4v) is 5.53. The summed E-state index contributed by atoms with van der Waals surface area (Å²) in [5.41, 5.74) is 1.56. The zero-order chi connectivity index (χ0) is 29.4. The van der Waals surface area contributed by atoms with Crippen molar-refractivity contribution in [3.05, 3.63) is 85.8 Å². The Labute approximate surface area is 238 Å². The zero-order valence-electron chi connectivity index (χ0n) is 23.5. The molecule has 1 aliphatic rings. The van der Waals surface area contributed by atoms with Crippen molar-refractivity contribution in [2.24, 2.45) is 0 Å². The average molecular weight is 567 g/mol. The van der Waals surface area contributed by atoms with Gasteiger partial charge in [0, 0.05) is 16.7 Å². The first-order valence-electron chi connectivity index (χ1n) is 13.2. The minimum absolute atomic E-state index is 0.108. The maximum atomic E-state index is 13.8. The summed E-state index contributed by atoms with van der Waals surface area (Å²) in [4.78, 5) is 40.9. The number of aliphatic hydroxyl groups is 1. The molecule has 10 heteroatoms. The van der Waals surface area contributed by atoms with E-state index >= 15 is 0 Å². The molecular formula is C30H35ClN4O5. The number of hydrogen-bond donors (Lipinski definition) is 3. The van der Waals surface area contributed by atoms with E-state index in [-0.39, 0.29) is 17.7 Å². The lowest BCUT2D eigenvalue weighted by Gasteiger charge is -2.38. The van der Waals surface area contributed by atoms with Crippen LogP contribution in [0.4, 0.5) is 0 Å². The SMILES string of the molecule is Cc1cc(Oc2c(C)cc(C(=O)N[C@H](C)C(=O)N3C(C(C)(C)O)CC[C@H]3c3cccc(Cl)c3)cc2C)c(=O)[nH]n1. The summed E-state index contributed by atoms with van der Waals surface area (Å²) in [5.74, 6) is -0.138. The smallest absolute Gasteiger partial charge is 0.307 e. The van der Waals surface area contributed by atoms with Gasteiger partial charge in [-0.3, -0.25) is 14.4 Å². The third-order valence-corrected chi connectivity index (χ3v) is 7.47. The molecule has 2 amide bonds. The number of likely N-dealkylation sites (tertiary alicyclic amines) is 1. The molecule has 1 saturated heterocycles. The van der Waals surface area contributed by atoms with Crippen LogP contribution < -0.4 is 15.6 Å². The number of aryl methyl sites for hydroxylation is 3. The molecule has 1 aliphatic heterocycles. The second kappa shape index (κ2) is 11.4. The van der Waals surface area contributed by atoms with Crippen molar-refractivity contribution >= 4 is 23.4 Å². The number of hydrogen-bond acceptors (Lipinski definition) is 6. The van der Waals surface area contributed by atoms with Crippen molar-refractivity contribution < 1.29 is 19.4 Å². The minimum Gasteiger partial charge on any atom is -0.451 e. The lowest BCUT2D eigenvalue weighted by atomic mass is 9.96. The van der Waals surface area contributed by atoms with Gasteiger partial charge in [0.2, 0.25) is 5.91 Å². The first kappa shape index (κ1) is 29.3. The molecule has 1 aromatic heterocycles. The van der Waals surface area contributed by atoms with Crippen molar-refractivity contribution in [3.8, 4) is 11.5 Å². The molecule has 9 nitrogen and oxygen atoms in total. The Kier molecular flexibility index (Phi) is 8.37. The van der Waals surface area contributed by atoms with Crippen LogP contribution in [0.2, 0.25) is 5.02 Å². The fourth-order valence-electron chi connectivity index (χ4n) is 5.33. The summed E-state index contributed by atoms with van der Waals surface area (Å²) in [7, 11) is 0. The van der Waals surface area contributed by atoms with Crippen LogP contribution in [-0.4, -0.2) is 49.7 Å². The minimum atomic E-state index is -1.13. The van der Waals surface area contributed by atoms with E-state index in [9.17, 15) is 19.5 Å². The number of amides is 2. The van der Waals surface area contributed by atoms with Gasteiger partial charge in [-0.25, -0.2) is 5.10 Å². The first-order valence-corrected chi connectivity index (χ1v) is 13.6. The number of carbonyl (C=O) groups excluding carboxylic acids is 2. The van der Waals surface area contributed by atoms with E-state index in [1.54, 1.807) is 70.7 Å². The summed E-state index contributed by atoms with van der Waals surface area (Å²) in [6.45, 7) is 10.3. The van der Waals surface area contributed by atoms with Gasteiger partial charge in [-0.05, 0) is 95.3 Å². The molecule has 0 saturated carbocycles. The number of carbonyl (C=O) groups is 2. The van der Waals surface area contributed by atoms with Crippen molar-refractivity contribution in [1.82, 2.24) is 20.4 Å². The highest BCUT2D eigenvalue weighted by Crippen LogP contribution is 2.41. The molecule has 40 heavy (non-hydrogen) atoms. The van der Waals surface area contributed by atoms with E-state index in [1.807, 2.05) is 18.2 Å². The summed E-state index contributed by atoms with van der Waals surface area (Å²) < 4.78 is 5.87. The second-order valence-corrected chi connectivity index (χ2v) is 11.4. The number of aromatic nitrogens is 2. The van der Waals surface area contributed by atoms with Gasteiger partial charge in [0.25, 0.3) is 5.91 Å². The number of H-pyrrole nitrogens is 1. The van der Waals surface area contributed by atoms with Crippen LogP contribution in [0.1, 0.15) is 72.4 Å². The predicted molar refractivity (Wildman–Crippen MR) is 153 cm³/mol. The maximum absolute atomic E-state index is 13.8. The first-order chi connectivity index (χ1) is 18.8. The highest BCUT2D eigenvalue weighted by atomic mass is 35.5. The number of halogens is 1. The molecule has 0 spiro atoms. The third kappa shape index (κ3) is 6.21. The Balaban J connectivity index is 1.55. The molecule has 3 aromatic rings. The molecule has 3 N–H and O–H groups in total. The van der Waals surface area contributed by atoms with E-state index in [4.69, 9.17) is 16.3 Å². The molecule has 212 valence electrons. The van der Waals surface area contributed by atoms with Crippen LogP contribution in [0.5, 0.6) is 11.5 Å². The van der Waals surface area contributed by atoms with Crippen LogP contribution in [0.3, 0.4) is 0 Å². The lowest BCUT2D eigenvalue weighted by Crippen LogP contribution is -2.54. The molecule has 0 radical (unpaired) electrons. The largest absolute Gasteiger partial charge is 0.451 e. The number of nitrogens with zero attached hydrogens (tertiary/aromatic N) is 2. The molecule has 2 heterocycles. The van der Waals surface area contributed by atoms with Crippen molar-refractivity contribution in [2.45, 2.75) is 78.1 Å². The summed E-state index contributed by atoms with van der Waals surface area (Å²) in [6, 6.07) is 10.7. The van der Waals surface area contributed by atoms with Crippen LogP contribution in [-0.2, 0) is 4.79 Å². The zero-order valence-corrected chi connectivity index (χ0v) is 24.3. The average Bonchev–Trinajstić information content (AvgIpc) is 3.33. The van der Waals surface area contributed by atoms with Gasteiger partial charge in [-0.15, -0.1) is 0 Å². The Hall–Kier alpha value is -3.69. The Morgan fingerprint density at radius 2 is 1.82 bits per heavy atom. The number of ether oxygens (including phenoxy) is 1. The molecule has 0 aliphatic carbocycles. The van der Waals surface area contributed by atoms with Crippen LogP contribution >= 0.6 is 11.6 Å². The standard InChI is InChI=1S/C30H35ClN4O5/c1-16-12-21(13-17(2)26(16)40-24-14-18(3)33-34-28(24)37)27(36)32-19(4)29(38)35-23(10-11-25(35)30(5,6)39)20-8-7-9-22(31)15-20/h7-9,12-15,19,23,25,39H,10-11H2,1-6H3,(H,32,36)(H,34,37)/t19-,23+,25?/m1/s1. The number of rotatable bonds is 7. The Morgan fingerprint density at radius 3 is 2.45 bits per heavy atom. The number of aromatic amines is 1. The normalized spacial score (nSPS) is 17.9. The van der Waals surface area contributed by atoms with Crippen LogP contribution in [0.25, 0.3) is 0 Å². The molecule has 0 bridgehead atoms. The van der Waals surface area contributed by atoms with E-state index in [0.717, 1.165) is 5.56 Å². The van der Waals surface area contributed by atoms with E-state index in [2.05, 4.69) is 15.5 Å². The predicted octanol–water partition coefficient (Wildman–Crippen LogP) is 4.76. The van der Waals surface area contributed by atoms with Gasteiger partial charge in [0.05, 0.1) is 23.4 Å². The molecule has 4 rings (SSSR count). The van der Waals surface area contributed by atoms with Crippen LogP contribution in [0.15, 0.2) is 47.3 Å². The van der Waals surface area contributed by atoms with E-state index < -0.39 is 29.2 Å². The van der Waals surface area contributed by atoms with Gasteiger partial charge in [-0.2, -0.15) is 5.10 Å². The van der Waals surface area contributed by atoms with Crippen molar-refractivity contribution in [2.75, 3.05) is 0 Å². The number of nitrogens with one attached hydrogen (secondary N) is 2. The molecule has 2 aromatic carbocycles. The van der Waals surface area contributed by atoms with Gasteiger partial charge < -0.3 is 20.1 Å². The highest BCUT2D eigenvalue weighted by molar-refractivity contribution is 6.30. The molecule has 3 atom stereocenters. The third-order valence-electron chi connectivity index (χ3n) is 7.24. The highest BCUT2D eigenvalue weighted by Gasteiger charge is 2.45. The van der Waals surface area contributed by atoms with Gasteiger partial charge in [0.1, 0.15) is 11.8 Å². The number of benzene rings is 2. The summed E-state index contributed by atoms with van der Waals surface area (Å²) in [6.07, 6.45) is 1.29.